The van der Waals surface area contributed by atoms with Gasteiger partial charge in [0.25, 0.3) is 5.69 Å². The largest absolute Gasteiger partial charge is 0.512 e. The molecule has 1 aromatic rings. The number of nitrogens with zero attached hydrogens (tertiary/aromatic N) is 1. The van der Waals surface area contributed by atoms with Gasteiger partial charge in [0.2, 0.25) is 0 Å². The molecule has 0 amide bonds. The molecule has 0 bridgehead atoms. The zero-order valence-corrected chi connectivity index (χ0v) is 10.2. The Bertz CT molecular complexity index is 566. The summed E-state index contributed by atoms with van der Waals surface area (Å²) in [7, 11) is 0. The average Bonchev–Trinajstić information content (AvgIpc) is 2.38. The van der Waals surface area contributed by atoms with Crippen molar-refractivity contribution < 1.29 is 14.8 Å². The topological polar surface area (TPSA) is 106 Å². The molecule has 19 heavy (non-hydrogen) atoms. The van der Waals surface area contributed by atoms with Crippen LogP contribution in [0, 0.1) is 10.1 Å². The van der Waals surface area contributed by atoms with Crippen LogP contribution in [0.3, 0.4) is 0 Å². The molecule has 0 heterocycles. The molecule has 1 aliphatic rings. The summed E-state index contributed by atoms with van der Waals surface area (Å²) in [5.41, 5.74) is 6.14. The molecule has 0 spiro atoms. The fraction of sp³-hybridized carbons (Fsp3) is 0.308. The Labute approximate surface area is 109 Å². The Balaban J connectivity index is 2.47. The van der Waals surface area contributed by atoms with Gasteiger partial charge in [0.15, 0.2) is 5.78 Å². The van der Waals surface area contributed by atoms with Gasteiger partial charge in [0.1, 0.15) is 5.76 Å². The highest BCUT2D eigenvalue weighted by molar-refractivity contribution is 5.98. The van der Waals surface area contributed by atoms with Crippen molar-refractivity contribution in [1.82, 2.24) is 0 Å². The summed E-state index contributed by atoms with van der Waals surface area (Å²) in [6, 6.07) is 5.03. The second kappa shape index (κ2) is 5.19. The molecule has 0 radical (unpaired) electrons. The maximum absolute atomic E-state index is 11.8. The van der Waals surface area contributed by atoms with Gasteiger partial charge in [-0.15, -0.1) is 0 Å². The highest BCUT2D eigenvalue weighted by atomic mass is 16.6. The van der Waals surface area contributed by atoms with Crippen molar-refractivity contribution >= 4 is 11.5 Å². The van der Waals surface area contributed by atoms with E-state index < -0.39 is 11.0 Å². The van der Waals surface area contributed by atoms with Gasteiger partial charge in [-0.2, -0.15) is 0 Å². The normalized spacial score (nSPS) is 17.4. The molecule has 0 saturated heterocycles. The SMILES string of the molecule is NC(C1=C(O)CCCC1=O)c1ccccc1[N+](=O)[O-]. The molecule has 6 nitrogen and oxygen atoms in total. The van der Waals surface area contributed by atoms with Crippen LogP contribution in [0.15, 0.2) is 35.6 Å². The number of aliphatic hydroxyl groups excluding tert-OH is 1. The Kier molecular flexibility index (Phi) is 3.62. The minimum absolute atomic E-state index is 0.0538. The number of hydrogen-bond acceptors (Lipinski definition) is 5. The third-order valence-electron chi connectivity index (χ3n) is 3.21. The number of rotatable bonds is 3. The van der Waals surface area contributed by atoms with Crippen LogP contribution < -0.4 is 5.73 Å². The van der Waals surface area contributed by atoms with Crippen molar-refractivity contribution in [2.24, 2.45) is 5.73 Å². The van der Waals surface area contributed by atoms with E-state index in [4.69, 9.17) is 5.73 Å². The van der Waals surface area contributed by atoms with Crippen molar-refractivity contribution in [1.29, 1.82) is 0 Å². The lowest BCUT2D eigenvalue weighted by molar-refractivity contribution is -0.385. The average molecular weight is 262 g/mol. The molecule has 100 valence electrons. The Hall–Kier alpha value is -2.21. The summed E-state index contributed by atoms with van der Waals surface area (Å²) in [6.45, 7) is 0. The minimum atomic E-state index is -0.964. The van der Waals surface area contributed by atoms with Crippen LogP contribution in [0.5, 0.6) is 0 Å². The van der Waals surface area contributed by atoms with Gasteiger partial charge >= 0.3 is 0 Å². The summed E-state index contributed by atoms with van der Waals surface area (Å²) >= 11 is 0. The molecule has 0 aliphatic heterocycles. The smallest absolute Gasteiger partial charge is 0.274 e. The first-order chi connectivity index (χ1) is 9.02. The van der Waals surface area contributed by atoms with Crippen LogP contribution in [0.2, 0.25) is 0 Å². The predicted octanol–water partition coefficient (Wildman–Crippen LogP) is 2.16. The number of nitrogens with two attached hydrogens (primary N) is 1. The number of hydrogen-bond donors (Lipinski definition) is 2. The van der Waals surface area contributed by atoms with E-state index in [1.807, 2.05) is 0 Å². The molecule has 3 N–H and O–H groups in total. The zero-order chi connectivity index (χ0) is 14.0. The van der Waals surface area contributed by atoms with E-state index >= 15 is 0 Å². The fourth-order valence-electron chi connectivity index (χ4n) is 2.27. The number of Topliss-reactive ketones (excluding diaryl/α,β-unsaturated/α-hetero) is 1. The number of para-hydroxylation sites is 1. The number of aliphatic hydroxyl groups is 1. The number of carbonyl (C=O) groups excluding carboxylic acids is 1. The predicted molar refractivity (Wildman–Crippen MR) is 68.5 cm³/mol. The van der Waals surface area contributed by atoms with E-state index in [0.717, 1.165) is 0 Å². The lowest BCUT2D eigenvalue weighted by Gasteiger charge is -2.20. The van der Waals surface area contributed by atoms with Crippen LogP contribution in [-0.2, 0) is 4.79 Å². The molecule has 2 rings (SSSR count). The molecule has 0 saturated carbocycles. The lowest BCUT2D eigenvalue weighted by atomic mass is 9.87. The molecule has 6 heteroatoms. The Morgan fingerprint density at radius 1 is 1.32 bits per heavy atom. The van der Waals surface area contributed by atoms with Gasteiger partial charge < -0.3 is 10.8 Å². The third-order valence-corrected chi connectivity index (χ3v) is 3.21. The second-order valence-corrected chi connectivity index (χ2v) is 4.43. The summed E-state index contributed by atoms with van der Waals surface area (Å²) < 4.78 is 0. The van der Waals surface area contributed by atoms with Crippen molar-refractivity contribution in [3.8, 4) is 0 Å². The molecular weight excluding hydrogens is 248 g/mol. The van der Waals surface area contributed by atoms with Crippen LogP contribution in [-0.4, -0.2) is 15.8 Å². The van der Waals surface area contributed by atoms with E-state index in [1.54, 1.807) is 6.07 Å². The summed E-state index contributed by atoms with van der Waals surface area (Å²) in [5.74, 6) is -0.295. The molecule has 0 fully saturated rings. The lowest BCUT2D eigenvalue weighted by Crippen LogP contribution is -2.24. The van der Waals surface area contributed by atoms with Gasteiger partial charge in [-0.05, 0) is 6.42 Å². The van der Waals surface area contributed by atoms with E-state index in [1.165, 1.54) is 18.2 Å². The van der Waals surface area contributed by atoms with Crippen molar-refractivity contribution in [2.45, 2.75) is 25.3 Å². The number of nitro groups is 1. The second-order valence-electron chi connectivity index (χ2n) is 4.43. The number of ketones is 1. The molecule has 0 aromatic heterocycles. The Morgan fingerprint density at radius 2 is 2.00 bits per heavy atom. The first-order valence-corrected chi connectivity index (χ1v) is 5.96. The van der Waals surface area contributed by atoms with Crippen molar-refractivity contribution in [3.05, 3.63) is 51.3 Å². The fourth-order valence-corrected chi connectivity index (χ4v) is 2.27. The van der Waals surface area contributed by atoms with E-state index in [2.05, 4.69) is 0 Å². The standard InChI is InChI=1S/C13H14N2O4/c14-13(12-10(16)6-3-7-11(12)17)8-4-1-2-5-9(8)15(18)19/h1-2,4-5,13,16H,3,6-7,14H2. The van der Waals surface area contributed by atoms with E-state index in [-0.39, 0.29) is 28.4 Å². The van der Waals surface area contributed by atoms with Crippen molar-refractivity contribution in [3.63, 3.8) is 0 Å². The van der Waals surface area contributed by atoms with Gasteiger partial charge in [0.05, 0.1) is 22.1 Å². The van der Waals surface area contributed by atoms with Gasteiger partial charge in [-0.25, -0.2) is 0 Å². The van der Waals surface area contributed by atoms with Gasteiger partial charge in [0, 0.05) is 18.9 Å². The molecule has 1 aliphatic carbocycles. The number of benzene rings is 1. The third kappa shape index (κ3) is 2.48. The molecule has 1 aromatic carbocycles. The highest BCUT2D eigenvalue weighted by Crippen LogP contribution is 2.33. The molecule has 1 unspecified atom stereocenters. The first kappa shape index (κ1) is 13.2. The van der Waals surface area contributed by atoms with Crippen LogP contribution in [0.25, 0.3) is 0 Å². The highest BCUT2D eigenvalue weighted by Gasteiger charge is 2.30. The zero-order valence-electron chi connectivity index (χ0n) is 10.2. The first-order valence-electron chi connectivity index (χ1n) is 5.96. The van der Waals surface area contributed by atoms with E-state index in [0.29, 0.717) is 19.3 Å². The maximum atomic E-state index is 11.8. The van der Waals surface area contributed by atoms with Crippen molar-refractivity contribution in [2.75, 3.05) is 0 Å². The monoisotopic (exact) mass is 262 g/mol. The summed E-state index contributed by atoms with van der Waals surface area (Å²) in [4.78, 5) is 22.2. The minimum Gasteiger partial charge on any atom is -0.512 e. The number of allylic oxidation sites excluding steroid dienone is 1. The van der Waals surface area contributed by atoms with Crippen LogP contribution >= 0.6 is 0 Å². The van der Waals surface area contributed by atoms with Gasteiger partial charge in [-0.1, -0.05) is 18.2 Å². The Morgan fingerprint density at radius 3 is 2.63 bits per heavy atom. The van der Waals surface area contributed by atoms with Crippen LogP contribution in [0.4, 0.5) is 5.69 Å². The van der Waals surface area contributed by atoms with Gasteiger partial charge in [-0.3, -0.25) is 14.9 Å². The van der Waals surface area contributed by atoms with E-state index in [9.17, 15) is 20.0 Å². The summed E-state index contributed by atoms with van der Waals surface area (Å²) in [5, 5.41) is 20.8. The quantitative estimate of drug-likeness (QED) is 0.641. The summed E-state index contributed by atoms with van der Waals surface area (Å²) in [6.07, 6.45) is 1.28. The molecule has 1 atom stereocenters. The number of nitro benzene ring substituents is 1. The number of carbonyl (C=O) groups is 1. The van der Waals surface area contributed by atoms with Crippen LogP contribution in [0.1, 0.15) is 30.9 Å². The molecular formula is C13H14N2O4. The maximum Gasteiger partial charge on any atom is 0.274 e.